The number of hydrogen-bond donors (Lipinski definition) is 1. The van der Waals surface area contributed by atoms with Crippen molar-refractivity contribution in [2.75, 3.05) is 13.1 Å². The van der Waals surface area contributed by atoms with Gasteiger partial charge in [0.25, 0.3) is 11.7 Å². The minimum atomic E-state index is -0.556. The van der Waals surface area contributed by atoms with Gasteiger partial charge >= 0.3 is 0 Å². The number of hydrogen-bond acceptors (Lipinski definition) is 3. The van der Waals surface area contributed by atoms with E-state index in [0.717, 1.165) is 31.2 Å². The number of carbonyl (C=O) groups is 3. The van der Waals surface area contributed by atoms with Gasteiger partial charge < -0.3 is 14.8 Å². The number of rotatable bonds is 7. The average Bonchev–Trinajstić information content (AvgIpc) is 3.30. The number of carbonyl (C=O) groups excluding carboxylic acids is 3. The summed E-state index contributed by atoms with van der Waals surface area (Å²) in [7, 11) is 0. The molecule has 1 aromatic heterocycles. The molecule has 2 amide bonds. The monoisotopic (exact) mass is 369 g/mol. The van der Waals surface area contributed by atoms with Crippen LogP contribution in [0.25, 0.3) is 10.9 Å². The molecule has 0 radical (unpaired) electrons. The lowest BCUT2D eigenvalue weighted by Crippen LogP contribution is -2.37. The van der Waals surface area contributed by atoms with Gasteiger partial charge in [0, 0.05) is 36.2 Å². The van der Waals surface area contributed by atoms with Crippen LogP contribution in [0.3, 0.4) is 0 Å². The molecule has 0 saturated heterocycles. The number of benzene rings is 1. The molecule has 1 fully saturated rings. The molecule has 2 aromatic rings. The molecule has 1 aliphatic rings. The summed E-state index contributed by atoms with van der Waals surface area (Å²) in [6, 6.07) is 7.50. The van der Waals surface area contributed by atoms with Crippen LogP contribution in [0.4, 0.5) is 0 Å². The van der Waals surface area contributed by atoms with Crippen molar-refractivity contribution >= 4 is 28.5 Å². The second kappa shape index (κ2) is 8.37. The second-order valence-electron chi connectivity index (χ2n) is 7.04. The first kappa shape index (κ1) is 19.1. The van der Waals surface area contributed by atoms with E-state index >= 15 is 0 Å². The molecule has 1 aromatic carbocycles. The van der Waals surface area contributed by atoms with Gasteiger partial charge in [0.15, 0.2) is 0 Å². The zero-order valence-corrected chi connectivity index (χ0v) is 16.0. The molecule has 0 atom stereocenters. The minimum Gasteiger partial charge on any atom is -0.346 e. The number of likely N-dealkylation sites (N-methyl/N-ethyl adjacent to an activating group) is 1. The Morgan fingerprint density at radius 1 is 1.11 bits per heavy atom. The predicted octanol–water partition coefficient (Wildman–Crippen LogP) is 2.75. The summed E-state index contributed by atoms with van der Waals surface area (Å²) in [5.74, 6) is -1.10. The Bertz CT molecular complexity index is 845. The Hall–Kier alpha value is -2.63. The topological polar surface area (TPSA) is 71.4 Å². The van der Waals surface area contributed by atoms with E-state index in [0.29, 0.717) is 24.0 Å². The van der Waals surface area contributed by atoms with Gasteiger partial charge in [0.2, 0.25) is 5.91 Å². The van der Waals surface area contributed by atoms with Crippen LogP contribution in [0.15, 0.2) is 30.5 Å². The van der Waals surface area contributed by atoms with Gasteiger partial charge in [-0.05, 0) is 32.8 Å². The first-order valence-corrected chi connectivity index (χ1v) is 9.76. The first-order chi connectivity index (χ1) is 13.0. The Morgan fingerprint density at radius 3 is 2.44 bits per heavy atom. The van der Waals surface area contributed by atoms with Crippen molar-refractivity contribution < 1.29 is 14.4 Å². The molecule has 1 N–H and O–H groups in total. The van der Waals surface area contributed by atoms with Crippen LogP contribution in [0, 0.1) is 0 Å². The van der Waals surface area contributed by atoms with Crippen molar-refractivity contribution in [1.82, 2.24) is 14.8 Å². The van der Waals surface area contributed by atoms with Crippen molar-refractivity contribution in [3.63, 3.8) is 0 Å². The number of para-hydroxylation sites is 1. The molecule has 1 saturated carbocycles. The van der Waals surface area contributed by atoms with Crippen molar-refractivity contribution in [3.8, 4) is 0 Å². The van der Waals surface area contributed by atoms with Crippen molar-refractivity contribution in [3.05, 3.63) is 36.0 Å². The summed E-state index contributed by atoms with van der Waals surface area (Å²) in [5.41, 5.74) is 1.14. The van der Waals surface area contributed by atoms with Crippen LogP contribution >= 0.6 is 0 Å². The zero-order valence-electron chi connectivity index (χ0n) is 16.0. The second-order valence-corrected chi connectivity index (χ2v) is 7.04. The van der Waals surface area contributed by atoms with E-state index < -0.39 is 11.7 Å². The van der Waals surface area contributed by atoms with E-state index in [1.165, 1.54) is 0 Å². The highest BCUT2D eigenvalue weighted by Gasteiger charge is 2.25. The molecule has 0 aliphatic heterocycles. The first-order valence-electron chi connectivity index (χ1n) is 9.76. The molecule has 144 valence electrons. The van der Waals surface area contributed by atoms with Crippen molar-refractivity contribution in [2.24, 2.45) is 0 Å². The molecule has 0 bridgehead atoms. The fraction of sp³-hybridized carbons (Fsp3) is 0.476. The van der Waals surface area contributed by atoms with Gasteiger partial charge in [0.1, 0.15) is 6.54 Å². The molecule has 0 spiro atoms. The van der Waals surface area contributed by atoms with Crippen molar-refractivity contribution in [2.45, 2.75) is 52.1 Å². The number of ketones is 1. The van der Waals surface area contributed by atoms with Gasteiger partial charge in [0.05, 0.1) is 5.56 Å². The fourth-order valence-corrected chi connectivity index (χ4v) is 3.82. The summed E-state index contributed by atoms with van der Waals surface area (Å²) < 4.78 is 1.77. The molecule has 3 rings (SSSR count). The van der Waals surface area contributed by atoms with Gasteiger partial charge in [-0.25, -0.2) is 0 Å². The Balaban J connectivity index is 1.86. The normalized spacial score (nSPS) is 14.4. The minimum absolute atomic E-state index is 0.00448. The van der Waals surface area contributed by atoms with E-state index in [1.54, 1.807) is 15.7 Å². The summed E-state index contributed by atoms with van der Waals surface area (Å²) in [5, 5.41) is 3.56. The smallest absolute Gasteiger partial charge is 0.292 e. The standard InChI is InChI=1S/C21H27N3O3/c1-3-23(4-2)19(25)14-24-13-17(16-11-7-8-12-18(16)24)20(26)21(27)22-15-9-5-6-10-15/h7-8,11-13,15H,3-6,9-10,14H2,1-2H3,(H,22,27). The molecule has 6 nitrogen and oxygen atoms in total. The molecule has 0 unspecified atom stereocenters. The lowest BCUT2D eigenvalue weighted by Gasteiger charge is -2.19. The lowest BCUT2D eigenvalue weighted by atomic mass is 10.1. The molecule has 1 aliphatic carbocycles. The fourth-order valence-electron chi connectivity index (χ4n) is 3.82. The van der Waals surface area contributed by atoms with E-state index in [4.69, 9.17) is 0 Å². The third kappa shape index (κ3) is 4.04. The lowest BCUT2D eigenvalue weighted by molar-refractivity contribution is -0.131. The van der Waals surface area contributed by atoms with Crippen LogP contribution < -0.4 is 5.32 Å². The summed E-state index contributed by atoms with van der Waals surface area (Å²) in [6.45, 7) is 5.32. The number of aromatic nitrogens is 1. The summed E-state index contributed by atoms with van der Waals surface area (Å²) >= 11 is 0. The van der Waals surface area contributed by atoms with Crippen LogP contribution in [-0.4, -0.2) is 46.2 Å². The number of fused-ring (bicyclic) bond motifs is 1. The number of amides is 2. The van der Waals surface area contributed by atoms with E-state index in [9.17, 15) is 14.4 Å². The van der Waals surface area contributed by atoms with E-state index in [-0.39, 0.29) is 18.5 Å². The quantitative estimate of drug-likeness (QED) is 0.603. The highest BCUT2D eigenvalue weighted by atomic mass is 16.2. The van der Waals surface area contributed by atoms with Gasteiger partial charge in [-0.2, -0.15) is 0 Å². The maximum absolute atomic E-state index is 12.8. The number of nitrogens with zero attached hydrogens (tertiary/aromatic N) is 2. The molecular formula is C21H27N3O3. The number of Topliss-reactive ketones (excluding diaryl/α,β-unsaturated/α-hetero) is 1. The molecule has 1 heterocycles. The van der Waals surface area contributed by atoms with Gasteiger partial charge in [-0.3, -0.25) is 14.4 Å². The Kier molecular flexibility index (Phi) is 5.94. The van der Waals surface area contributed by atoms with Crippen LogP contribution in [0.2, 0.25) is 0 Å². The van der Waals surface area contributed by atoms with E-state index in [1.807, 2.05) is 38.1 Å². The van der Waals surface area contributed by atoms with Crippen LogP contribution in [0.5, 0.6) is 0 Å². The van der Waals surface area contributed by atoms with E-state index in [2.05, 4.69) is 5.32 Å². The third-order valence-electron chi connectivity index (χ3n) is 5.35. The Morgan fingerprint density at radius 2 is 1.78 bits per heavy atom. The maximum Gasteiger partial charge on any atom is 0.292 e. The van der Waals surface area contributed by atoms with Crippen LogP contribution in [0.1, 0.15) is 49.9 Å². The molecule has 6 heteroatoms. The third-order valence-corrected chi connectivity index (χ3v) is 5.35. The molecular weight excluding hydrogens is 342 g/mol. The Labute approximate surface area is 159 Å². The summed E-state index contributed by atoms with van der Waals surface area (Å²) in [6.07, 6.45) is 5.68. The zero-order chi connectivity index (χ0) is 19.4. The SMILES string of the molecule is CCN(CC)C(=O)Cn1cc(C(=O)C(=O)NC2CCCC2)c2ccccc21. The van der Waals surface area contributed by atoms with Crippen LogP contribution in [-0.2, 0) is 16.1 Å². The van der Waals surface area contributed by atoms with Gasteiger partial charge in [-0.15, -0.1) is 0 Å². The van der Waals surface area contributed by atoms with Gasteiger partial charge in [-0.1, -0.05) is 31.0 Å². The number of nitrogens with one attached hydrogen (secondary N) is 1. The van der Waals surface area contributed by atoms with Crippen molar-refractivity contribution in [1.29, 1.82) is 0 Å². The average molecular weight is 369 g/mol. The largest absolute Gasteiger partial charge is 0.346 e. The highest BCUT2D eigenvalue weighted by molar-refractivity contribution is 6.45. The predicted molar refractivity (Wildman–Crippen MR) is 105 cm³/mol. The molecule has 27 heavy (non-hydrogen) atoms. The maximum atomic E-state index is 12.8. The summed E-state index contributed by atoms with van der Waals surface area (Å²) in [4.78, 5) is 39.5. The highest BCUT2D eigenvalue weighted by Crippen LogP contribution is 2.23.